The maximum atomic E-state index is 11.7. The van der Waals surface area contributed by atoms with Crippen molar-refractivity contribution < 1.29 is 17.6 Å². The van der Waals surface area contributed by atoms with Gasteiger partial charge in [-0.25, -0.2) is 4.89 Å². The molecular formula is C16H26O4S. The Kier molecular flexibility index (Phi) is 9.30. The van der Waals surface area contributed by atoms with Crippen molar-refractivity contribution in [3.63, 3.8) is 0 Å². The summed E-state index contributed by atoms with van der Waals surface area (Å²) >= 11 is 0. The van der Waals surface area contributed by atoms with Gasteiger partial charge in [-0.1, -0.05) is 70.1 Å². The van der Waals surface area contributed by atoms with Crippen LogP contribution in [0.3, 0.4) is 0 Å². The molecule has 0 radical (unpaired) electrons. The van der Waals surface area contributed by atoms with Gasteiger partial charge in [-0.2, -0.15) is 8.42 Å². The Labute approximate surface area is 128 Å². The van der Waals surface area contributed by atoms with E-state index < -0.39 is 10.1 Å². The molecule has 0 aliphatic rings. The molecule has 0 aromatic heterocycles. The van der Waals surface area contributed by atoms with Gasteiger partial charge in [0.25, 0.3) is 0 Å². The van der Waals surface area contributed by atoms with Gasteiger partial charge >= 0.3 is 10.1 Å². The third kappa shape index (κ3) is 8.19. The first-order valence-corrected chi connectivity index (χ1v) is 9.19. The van der Waals surface area contributed by atoms with E-state index in [1.54, 1.807) is 18.2 Å². The molecule has 0 saturated heterocycles. The summed E-state index contributed by atoms with van der Waals surface area (Å²) in [5.74, 6) is 0. The lowest BCUT2D eigenvalue weighted by atomic mass is 10.1. The van der Waals surface area contributed by atoms with E-state index in [0.717, 1.165) is 12.8 Å². The molecule has 0 N–H and O–H groups in total. The molecule has 1 aromatic rings. The molecule has 120 valence electrons. The molecule has 0 aliphatic heterocycles. The first kappa shape index (κ1) is 18.1. The van der Waals surface area contributed by atoms with E-state index in [2.05, 4.69) is 11.3 Å². The van der Waals surface area contributed by atoms with Crippen LogP contribution < -0.4 is 0 Å². The van der Waals surface area contributed by atoms with E-state index in [0.29, 0.717) is 6.61 Å². The zero-order valence-electron chi connectivity index (χ0n) is 12.8. The van der Waals surface area contributed by atoms with Gasteiger partial charge in [-0.15, -0.1) is 4.33 Å². The SMILES string of the molecule is CCCCCCCCCCOOS(=O)(=O)c1ccccc1. The highest BCUT2D eigenvalue weighted by Gasteiger charge is 2.15. The van der Waals surface area contributed by atoms with E-state index in [4.69, 9.17) is 4.89 Å². The van der Waals surface area contributed by atoms with Gasteiger partial charge < -0.3 is 0 Å². The zero-order chi connectivity index (χ0) is 15.4. The van der Waals surface area contributed by atoms with E-state index in [1.807, 2.05) is 0 Å². The minimum absolute atomic E-state index is 0.112. The molecule has 0 aliphatic carbocycles. The van der Waals surface area contributed by atoms with Crippen molar-refractivity contribution >= 4 is 10.1 Å². The topological polar surface area (TPSA) is 52.6 Å². The Bertz CT molecular complexity index is 456. The molecule has 0 bridgehead atoms. The first-order valence-electron chi connectivity index (χ1n) is 7.78. The number of unbranched alkanes of at least 4 members (excludes halogenated alkanes) is 7. The standard InChI is InChI=1S/C16H26O4S/c1-2-3-4-5-6-7-8-12-15-19-20-21(17,18)16-13-10-9-11-14-16/h9-11,13-14H,2-8,12,15H2,1H3. The Morgan fingerprint density at radius 3 is 2.05 bits per heavy atom. The lowest BCUT2D eigenvalue weighted by Crippen LogP contribution is -2.08. The van der Waals surface area contributed by atoms with Crippen LogP contribution in [0.25, 0.3) is 0 Å². The van der Waals surface area contributed by atoms with Gasteiger partial charge in [0.15, 0.2) is 0 Å². The molecule has 0 heterocycles. The van der Waals surface area contributed by atoms with Crippen molar-refractivity contribution in [2.45, 2.75) is 63.2 Å². The van der Waals surface area contributed by atoms with E-state index in [-0.39, 0.29) is 4.90 Å². The van der Waals surface area contributed by atoms with Crippen LogP contribution in [-0.4, -0.2) is 15.0 Å². The molecule has 4 nitrogen and oxygen atoms in total. The molecule has 0 amide bonds. The molecule has 21 heavy (non-hydrogen) atoms. The first-order chi connectivity index (χ1) is 10.2. The highest BCUT2D eigenvalue weighted by Crippen LogP contribution is 2.12. The van der Waals surface area contributed by atoms with Gasteiger partial charge in [0, 0.05) is 0 Å². The maximum absolute atomic E-state index is 11.7. The smallest absolute Gasteiger partial charge is 0.220 e. The maximum Gasteiger partial charge on any atom is 0.323 e. The predicted octanol–water partition coefficient (Wildman–Crippen LogP) is 4.46. The number of hydrogen-bond donors (Lipinski definition) is 0. The summed E-state index contributed by atoms with van der Waals surface area (Å²) in [6.45, 7) is 2.52. The van der Waals surface area contributed by atoms with Gasteiger partial charge in [0.1, 0.15) is 0 Å². The van der Waals surface area contributed by atoms with Gasteiger partial charge in [-0.3, -0.25) is 0 Å². The van der Waals surface area contributed by atoms with Crippen molar-refractivity contribution in [1.82, 2.24) is 0 Å². The number of hydrogen-bond acceptors (Lipinski definition) is 4. The molecular weight excluding hydrogens is 288 g/mol. The minimum atomic E-state index is -3.79. The molecule has 1 rings (SSSR count). The molecule has 0 unspecified atom stereocenters. The van der Waals surface area contributed by atoms with E-state index in [9.17, 15) is 8.42 Å². The Hall–Kier alpha value is -0.910. The molecule has 0 fully saturated rings. The second-order valence-electron chi connectivity index (χ2n) is 5.13. The van der Waals surface area contributed by atoms with E-state index in [1.165, 1.54) is 50.7 Å². The van der Waals surface area contributed by atoms with Crippen LogP contribution in [0.2, 0.25) is 0 Å². The van der Waals surface area contributed by atoms with Crippen LogP contribution in [0.1, 0.15) is 58.3 Å². The fourth-order valence-corrected chi connectivity index (χ4v) is 2.78. The second-order valence-corrected chi connectivity index (χ2v) is 6.65. The Balaban J connectivity index is 2.04. The van der Waals surface area contributed by atoms with Crippen molar-refractivity contribution in [3.8, 4) is 0 Å². The summed E-state index contributed by atoms with van der Waals surface area (Å²) in [6, 6.07) is 8.01. The lowest BCUT2D eigenvalue weighted by Gasteiger charge is -2.05. The predicted molar refractivity (Wildman–Crippen MR) is 83.3 cm³/mol. The third-order valence-electron chi connectivity index (χ3n) is 3.25. The lowest BCUT2D eigenvalue weighted by molar-refractivity contribution is -0.202. The summed E-state index contributed by atoms with van der Waals surface area (Å²) in [7, 11) is -3.79. The van der Waals surface area contributed by atoms with Gasteiger partial charge in [-0.05, 0) is 18.6 Å². The highest BCUT2D eigenvalue weighted by molar-refractivity contribution is 7.86. The van der Waals surface area contributed by atoms with E-state index >= 15 is 0 Å². The molecule has 1 aromatic carbocycles. The van der Waals surface area contributed by atoms with Crippen LogP contribution in [0.15, 0.2) is 35.2 Å². The normalized spacial score (nSPS) is 11.7. The minimum Gasteiger partial charge on any atom is -0.220 e. The largest absolute Gasteiger partial charge is 0.323 e. The van der Waals surface area contributed by atoms with Crippen LogP contribution in [0, 0.1) is 0 Å². The van der Waals surface area contributed by atoms with Crippen LogP contribution in [-0.2, 0) is 19.3 Å². The number of benzene rings is 1. The quantitative estimate of drug-likeness (QED) is 0.324. The third-order valence-corrected chi connectivity index (χ3v) is 4.38. The fourth-order valence-electron chi connectivity index (χ4n) is 2.02. The van der Waals surface area contributed by atoms with Crippen LogP contribution >= 0.6 is 0 Å². The highest BCUT2D eigenvalue weighted by atomic mass is 32.2. The fraction of sp³-hybridized carbons (Fsp3) is 0.625. The van der Waals surface area contributed by atoms with Crippen molar-refractivity contribution in [2.75, 3.05) is 6.61 Å². The second kappa shape index (κ2) is 10.8. The summed E-state index contributed by atoms with van der Waals surface area (Å²) in [5.41, 5.74) is 0. The Morgan fingerprint density at radius 1 is 0.857 bits per heavy atom. The molecule has 5 heteroatoms. The summed E-state index contributed by atoms with van der Waals surface area (Å²) in [4.78, 5) is 4.92. The monoisotopic (exact) mass is 314 g/mol. The summed E-state index contributed by atoms with van der Waals surface area (Å²) in [5, 5.41) is 0. The van der Waals surface area contributed by atoms with Crippen LogP contribution in [0.4, 0.5) is 0 Å². The summed E-state index contributed by atoms with van der Waals surface area (Å²) in [6.07, 6.45) is 9.44. The number of rotatable bonds is 12. The van der Waals surface area contributed by atoms with Crippen LogP contribution in [0.5, 0.6) is 0 Å². The van der Waals surface area contributed by atoms with Gasteiger partial charge in [0.05, 0.1) is 11.5 Å². The summed E-state index contributed by atoms with van der Waals surface area (Å²) < 4.78 is 28.0. The van der Waals surface area contributed by atoms with Crippen molar-refractivity contribution in [3.05, 3.63) is 30.3 Å². The average molecular weight is 314 g/mol. The average Bonchev–Trinajstić information content (AvgIpc) is 2.50. The Morgan fingerprint density at radius 2 is 1.43 bits per heavy atom. The van der Waals surface area contributed by atoms with Gasteiger partial charge in [0.2, 0.25) is 0 Å². The zero-order valence-corrected chi connectivity index (χ0v) is 13.6. The van der Waals surface area contributed by atoms with Crippen molar-refractivity contribution in [1.29, 1.82) is 0 Å². The molecule has 0 spiro atoms. The van der Waals surface area contributed by atoms with Crippen molar-refractivity contribution in [2.24, 2.45) is 0 Å². The molecule has 0 atom stereocenters. The molecule has 0 saturated carbocycles.